The number of nitrogens with two attached hydrogens (primary N) is 1. The smallest absolute Gasteiger partial charge is 0.274 e. The fourth-order valence-electron chi connectivity index (χ4n) is 2.75. The first kappa shape index (κ1) is 16.2. The van der Waals surface area contributed by atoms with Crippen molar-refractivity contribution in [2.45, 2.75) is 18.9 Å². The molecule has 1 amide bonds. The van der Waals surface area contributed by atoms with Gasteiger partial charge in [-0.25, -0.2) is 9.37 Å². The molecular weight excluding hydrogens is 337 g/mol. The Balaban J connectivity index is 1.81. The Hall–Kier alpha value is -3.29. The maximum Gasteiger partial charge on any atom is 0.274 e. The van der Waals surface area contributed by atoms with E-state index >= 15 is 0 Å². The van der Waals surface area contributed by atoms with Crippen LogP contribution in [-0.4, -0.2) is 34.2 Å². The SMILES string of the molecule is COc1ncc(-c2cccc3c(N)c(C(=O)NC4CC4)nnc23)cc1F. The highest BCUT2D eigenvalue weighted by Crippen LogP contribution is 2.32. The van der Waals surface area contributed by atoms with Crippen LogP contribution in [0.4, 0.5) is 10.1 Å². The van der Waals surface area contributed by atoms with Gasteiger partial charge < -0.3 is 15.8 Å². The Bertz CT molecular complexity index is 1020. The van der Waals surface area contributed by atoms with Crippen molar-refractivity contribution in [3.05, 3.63) is 42.0 Å². The molecule has 3 N–H and O–H groups in total. The summed E-state index contributed by atoms with van der Waals surface area (Å²) in [7, 11) is 1.35. The molecule has 0 bridgehead atoms. The lowest BCUT2D eigenvalue weighted by Crippen LogP contribution is -2.27. The monoisotopic (exact) mass is 353 g/mol. The zero-order valence-electron chi connectivity index (χ0n) is 14.0. The number of nitrogens with zero attached hydrogens (tertiary/aromatic N) is 3. The molecule has 1 fully saturated rings. The minimum Gasteiger partial charge on any atom is -0.479 e. The molecule has 0 atom stereocenters. The standard InChI is InChI=1S/C18H16FN5O2/c1-26-18-13(19)7-9(8-21-18)11-3-2-4-12-14(20)16(24-23-15(11)12)17(25)22-10-5-6-10/h2-4,7-8,10H,5-6H2,1H3,(H2,20,23)(H,22,25). The number of hydrogen-bond donors (Lipinski definition) is 2. The van der Waals surface area contributed by atoms with Crippen molar-refractivity contribution in [2.24, 2.45) is 0 Å². The number of carbonyl (C=O) groups excluding carboxylic acids is 1. The number of benzene rings is 1. The number of anilines is 1. The third-order valence-electron chi connectivity index (χ3n) is 4.27. The minimum absolute atomic E-state index is 0.0846. The number of carbonyl (C=O) groups is 1. The lowest BCUT2D eigenvalue weighted by atomic mass is 10.0. The van der Waals surface area contributed by atoms with Crippen LogP contribution in [0.15, 0.2) is 30.5 Å². The number of pyridine rings is 1. The molecule has 132 valence electrons. The Labute approximate surface area is 148 Å². The Kier molecular flexibility index (Phi) is 3.87. The molecule has 1 aliphatic rings. The van der Waals surface area contributed by atoms with Gasteiger partial charge in [0.15, 0.2) is 11.5 Å². The fourth-order valence-corrected chi connectivity index (χ4v) is 2.75. The molecule has 0 unspecified atom stereocenters. The number of halogens is 1. The molecule has 4 rings (SSSR count). The van der Waals surface area contributed by atoms with Crippen molar-refractivity contribution >= 4 is 22.5 Å². The molecule has 0 spiro atoms. The van der Waals surface area contributed by atoms with E-state index in [-0.39, 0.29) is 29.2 Å². The van der Waals surface area contributed by atoms with Crippen molar-refractivity contribution in [3.63, 3.8) is 0 Å². The number of methoxy groups -OCH3 is 1. The van der Waals surface area contributed by atoms with Crippen LogP contribution < -0.4 is 15.8 Å². The molecule has 0 radical (unpaired) electrons. The van der Waals surface area contributed by atoms with Crippen molar-refractivity contribution in [3.8, 4) is 17.0 Å². The van der Waals surface area contributed by atoms with Gasteiger partial charge in [-0.1, -0.05) is 18.2 Å². The number of hydrogen-bond acceptors (Lipinski definition) is 6. The van der Waals surface area contributed by atoms with E-state index in [1.54, 1.807) is 18.2 Å². The highest BCUT2D eigenvalue weighted by Gasteiger charge is 2.26. The van der Waals surface area contributed by atoms with Crippen molar-refractivity contribution < 1.29 is 13.9 Å². The molecular formula is C18H16FN5O2. The summed E-state index contributed by atoms with van der Waals surface area (Å²) >= 11 is 0. The van der Waals surface area contributed by atoms with E-state index in [4.69, 9.17) is 10.5 Å². The van der Waals surface area contributed by atoms with Crippen LogP contribution in [0.3, 0.4) is 0 Å². The van der Waals surface area contributed by atoms with Crippen LogP contribution in [0.5, 0.6) is 5.88 Å². The van der Waals surface area contributed by atoms with Crippen LogP contribution in [0.25, 0.3) is 22.0 Å². The van der Waals surface area contributed by atoms with E-state index in [1.165, 1.54) is 19.4 Å². The lowest BCUT2D eigenvalue weighted by Gasteiger charge is -2.11. The second-order valence-corrected chi connectivity index (χ2v) is 6.13. The van der Waals surface area contributed by atoms with E-state index < -0.39 is 5.82 Å². The second kappa shape index (κ2) is 6.21. The predicted molar refractivity (Wildman–Crippen MR) is 94.2 cm³/mol. The fraction of sp³-hybridized carbons (Fsp3) is 0.222. The topological polar surface area (TPSA) is 103 Å². The van der Waals surface area contributed by atoms with E-state index in [0.717, 1.165) is 12.8 Å². The second-order valence-electron chi connectivity index (χ2n) is 6.13. The molecule has 8 heteroatoms. The van der Waals surface area contributed by atoms with Gasteiger partial charge >= 0.3 is 0 Å². The zero-order valence-corrected chi connectivity index (χ0v) is 14.0. The normalized spacial score (nSPS) is 13.6. The van der Waals surface area contributed by atoms with Gasteiger partial charge in [0.25, 0.3) is 5.91 Å². The summed E-state index contributed by atoms with van der Waals surface area (Å²) in [6.45, 7) is 0. The van der Waals surface area contributed by atoms with Crippen molar-refractivity contribution in [1.82, 2.24) is 20.5 Å². The Morgan fingerprint density at radius 3 is 2.85 bits per heavy atom. The first-order valence-electron chi connectivity index (χ1n) is 8.14. The van der Waals surface area contributed by atoms with Crippen molar-refractivity contribution in [2.75, 3.05) is 12.8 Å². The highest BCUT2D eigenvalue weighted by atomic mass is 19.1. The van der Waals surface area contributed by atoms with Gasteiger partial charge in [0, 0.05) is 28.8 Å². The average molecular weight is 353 g/mol. The number of nitrogens with one attached hydrogen (secondary N) is 1. The predicted octanol–water partition coefficient (Wildman–Crippen LogP) is 2.31. The van der Waals surface area contributed by atoms with Gasteiger partial charge in [-0.05, 0) is 18.9 Å². The molecule has 0 aliphatic heterocycles. The summed E-state index contributed by atoms with van der Waals surface area (Å²) in [4.78, 5) is 16.2. The first-order chi connectivity index (χ1) is 12.6. The summed E-state index contributed by atoms with van der Waals surface area (Å²) in [6.07, 6.45) is 3.42. The van der Waals surface area contributed by atoms with Gasteiger partial charge in [-0.2, -0.15) is 0 Å². The molecule has 26 heavy (non-hydrogen) atoms. The number of nitrogen functional groups attached to an aromatic ring is 1. The Morgan fingerprint density at radius 1 is 1.35 bits per heavy atom. The third-order valence-corrected chi connectivity index (χ3v) is 4.27. The Morgan fingerprint density at radius 2 is 2.15 bits per heavy atom. The zero-order chi connectivity index (χ0) is 18.3. The van der Waals surface area contributed by atoms with Crippen LogP contribution in [0.1, 0.15) is 23.3 Å². The van der Waals surface area contributed by atoms with Gasteiger partial charge in [-0.15, -0.1) is 10.2 Å². The molecule has 7 nitrogen and oxygen atoms in total. The summed E-state index contributed by atoms with van der Waals surface area (Å²) < 4.78 is 18.9. The molecule has 2 heterocycles. The number of amides is 1. The number of ether oxygens (including phenoxy) is 1. The molecule has 1 aromatic carbocycles. The lowest BCUT2D eigenvalue weighted by molar-refractivity contribution is 0.0946. The van der Waals surface area contributed by atoms with Crippen LogP contribution >= 0.6 is 0 Å². The number of fused-ring (bicyclic) bond motifs is 1. The summed E-state index contributed by atoms with van der Waals surface area (Å²) in [5.41, 5.74) is 8.11. The third kappa shape index (κ3) is 2.79. The maximum atomic E-state index is 14.0. The van der Waals surface area contributed by atoms with Gasteiger partial charge in [-0.3, -0.25) is 4.79 Å². The van der Waals surface area contributed by atoms with Gasteiger partial charge in [0.05, 0.1) is 12.8 Å². The summed E-state index contributed by atoms with van der Waals surface area (Å²) in [5, 5.41) is 11.6. The quantitative estimate of drug-likeness (QED) is 0.746. The highest BCUT2D eigenvalue weighted by molar-refractivity contribution is 6.07. The van der Waals surface area contributed by atoms with Crippen molar-refractivity contribution in [1.29, 1.82) is 0 Å². The molecule has 3 aromatic rings. The first-order valence-corrected chi connectivity index (χ1v) is 8.14. The van der Waals surface area contributed by atoms with Crippen LogP contribution in [-0.2, 0) is 0 Å². The van der Waals surface area contributed by atoms with E-state index in [0.29, 0.717) is 22.0 Å². The van der Waals surface area contributed by atoms with Crippen LogP contribution in [0.2, 0.25) is 0 Å². The van der Waals surface area contributed by atoms with Gasteiger partial charge in [0.2, 0.25) is 5.88 Å². The van der Waals surface area contributed by atoms with E-state index in [1.807, 2.05) is 0 Å². The maximum absolute atomic E-state index is 14.0. The largest absolute Gasteiger partial charge is 0.479 e. The van der Waals surface area contributed by atoms with Gasteiger partial charge in [0.1, 0.15) is 5.52 Å². The summed E-state index contributed by atoms with van der Waals surface area (Å²) in [5.74, 6) is -0.996. The van der Waals surface area contributed by atoms with E-state index in [2.05, 4.69) is 20.5 Å². The minimum atomic E-state index is -0.580. The average Bonchev–Trinajstić information content (AvgIpc) is 3.45. The molecule has 0 saturated heterocycles. The number of aromatic nitrogens is 3. The van der Waals surface area contributed by atoms with E-state index in [9.17, 15) is 9.18 Å². The number of rotatable bonds is 4. The molecule has 2 aromatic heterocycles. The van der Waals surface area contributed by atoms with Crippen LogP contribution in [0, 0.1) is 5.82 Å². The molecule has 1 aliphatic carbocycles. The summed E-state index contributed by atoms with van der Waals surface area (Å²) in [6, 6.07) is 6.79. The molecule has 1 saturated carbocycles.